The number of benzene rings is 1. The van der Waals surface area contributed by atoms with Crippen molar-refractivity contribution in [1.29, 1.82) is 0 Å². The quantitative estimate of drug-likeness (QED) is 0.688. The molecule has 0 unspecified atom stereocenters. The summed E-state index contributed by atoms with van der Waals surface area (Å²) in [6.07, 6.45) is 5.86. The summed E-state index contributed by atoms with van der Waals surface area (Å²) in [4.78, 5) is 16.3. The van der Waals surface area contributed by atoms with Crippen LogP contribution in [0.1, 0.15) is 13.8 Å². The predicted octanol–water partition coefficient (Wildman–Crippen LogP) is 3.81. The van der Waals surface area contributed by atoms with Crippen LogP contribution in [0.4, 0.5) is 5.95 Å². The Hall–Kier alpha value is -2.44. The molecule has 0 amide bonds. The summed E-state index contributed by atoms with van der Waals surface area (Å²) >= 11 is 6.05. The molecule has 27 heavy (non-hydrogen) atoms. The van der Waals surface area contributed by atoms with E-state index in [1.807, 2.05) is 48.3 Å². The average Bonchev–Trinajstić information content (AvgIpc) is 3.07. The maximum atomic E-state index is 6.05. The number of rotatable bonds is 3. The fourth-order valence-electron chi connectivity index (χ4n) is 3.47. The van der Waals surface area contributed by atoms with Crippen LogP contribution in [0.25, 0.3) is 22.6 Å². The third-order valence-electron chi connectivity index (χ3n) is 4.67. The third-order valence-corrected chi connectivity index (χ3v) is 4.92. The zero-order chi connectivity index (χ0) is 19.0. The Bertz CT molecular complexity index is 930. The van der Waals surface area contributed by atoms with E-state index in [2.05, 4.69) is 28.7 Å². The fraction of sp³-hybridized carbons (Fsp3) is 0.350. The number of ether oxygens (including phenoxy) is 1. The van der Waals surface area contributed by atoms with Crippen LogP contribution in [-0.4, -0.2) is 44.8 Å². The molecule has 6 nitrogen and oxygen atoms in total. The highest BCUT2D eigenvalue weighted by molar-refractivity contribution is 6.30. The van der Waals surface area contributed by atoms with E-state index in [0.29, 0.717) is 11.0 Å². The molecule has 0 spiro atoms. The number of halogens is 1. The Kier molecular flexibility index (Phi) is 4.85. The van der Waals surface area contributed by atoms with E-state index in [0.717, 1.165) is 35.7 Å². The van der Waals surface area contributed by atoms with Gasteiger partial charge in [-0.3, -0.25) is 0 Å². The van der Waals surface area contributed by atoms with Gasteiger partial charge in [0.05, 0.1) is 12.2 Å². The number of aryl methyl sites for hydroxylation is 1. The van der Waals surface area contributed by atoms with E-state index in [9.17, 15) is 0 Å². The molecule has 3 heterocycles. The Balaban J connectivity index is 1.81. The van der Waals surface area contributed by atoms with Crippen molar-refractivity contribution in [2.45, 2.75) is 26.1 Å². The fourth-order valence-corrected chi connectivity index (χ4v) is 3.60. The molecule has 1 fully saturated rings. The maximum Gasteiger partial charge on any atom is 0.226 e. The van der Waals surface area contributed by atoms with Gasteiger partial charge in [0, 0.05) is 49.3 Å². The number of aromatic nitrogens is 4. The molecule has 0 N–H and O–H groups in total. The van der Waals surface area contributed by atoms with Crippen LogP contribution in [0.2, 0.25) is 5.02 Å². The molecule has 4 rings (SSSR count). The highest BCUT2D eigenvalue weighted by Gasteiger charge is 2.25. The van der Waals surface area contributed by atoms with Gasteiger partial charge < -0.3 is 14.2 Å². The lowest BCUT2D eigenvalue weighted by Crippen LogP contribution is -2.46. The van der Waals surface area contributed by atoms with Crippen molar-refractivity contribution in [3.05, 3.63) is 47.9 Å². The first kappa shape index (κ1) is 17.9. The topological polar surface area (TPSA) is 56.1 Å². The van der Waals surface area contributed by atoms with Crippen molar-refractivity contribution in [2.24, 2.45) is 7.05 Å². The predicted molar refractivity (Wildman–Crippen MR) is 107 cm³/mol. The van der Waals surface area contributed by atoms with Gasteiger partial charge in [-0.05, 0) is 31.5 Å². The van der Waals surface area contributed by atoms with Crippen molar-refractivity contribution in [2.75, 3.05) is 18.0 Å². The van der Waals surface area contributed by atoms with Gasteiger partial charge in [-0.2, -0.15) is 0 Å². The molecule has 1 aliphatic heterocycles. The minimum atomic E-state index is 0.143. The first-order valence-electron chi connectivity index (χ1n) is 9.02. The summed E-state index contributed by atoms with van der Waals surface area (Å²) in [6, 6.07) is 7.70. The SMILES string of the molecule is C[C@H]1CN(c2ncc(-c3ccc(Cl)cc3)c(-c3nccn3C)n2)C[C@H](C)O1. The van der Waals surface area contributed by atoms with Gasteiger partial charge >= 0.3 is 0 Å². The molecule has 2 aromatic heterocycles. The number of anilines is 1. The lowest BCUT2D eigenvalue weighted by molar-refractivity contribution is -0.00571. The molecule has 1 saturated heterocycles. The average molecular weight is 384 g/mol. The van der Waals surface area contributed by atoms with Gasteiger partial charge in [0.15, 0.2) is 5.82 Å². The van der Waals surface area contributed by atoms with Crippen LogP contribution in [0, 0.1) is 0 Å². The first-order chi connectivity index (χ1) is 13.0. The van der Waals surface area contributed by atoms with Gasteiger partial charge in [0.1, 0.15) is 5.69 Å². The first-order valence-corrected chi connectivity index (χ1v) is 9.40. The van der Waals surface area contributed by atoms with Crippen LogP contribution < -0.4 is 4.90 Å². The van der Waals surface area contributed by atoms with E-state index in [4.69, 9.17) is 21.3 Å². The second-order valence-corrected chi connectivity index (χ2v) is 7.40. The monoisotopic (exact) mass is 383 g/mol. The second kappa shape index (κ2) is 7.29. The summed E-state index contributed by atoms with van der Waals surface area (Å²) in [5.74, 6) is 1.51. The van der Waals surface area contributed by atoms with Gasteiger partial charge in [-0.15, -0.1) is 0 Å². The smallest absolute Gasteiger partial charge is 0.226 e. The Morgan fingerprint density at radius 2 is 1.78 bits per heavy atom. The molecule has 1 aromatic carbocycles. The van der Waals surface area contributed by atoms with Gasteiger partial charge in [0.2, 0.25) is 5.95 Å². The summed E-state index contributed by atoms with van der Waals surface area (Å²) in [5.41, 5.74) is 2.74. The largest absolute Gasteiger partial charge is 0.372 e. The van der Waals surface area contributed by atoms with Gasteiger partial charge in [0.25, 0.3) is 0 Å². The third kappa shape index (κ3) is 3.68. The molecule has 0 radical (unpaired) electrons. The highest BCUT2D eigenvalue weighted by atomic mass is 35.5. The van der Waals surface area contributed by atoms with Gasteiger partial charge in [-0.1, -0.05) is 23.7 Å². The summed E-state index contributed by atoms with van der Waals surface area (Å²) in [6.45, 7) is 5.68. The van der Waals surface area contributed by atoms with Crippen molar-refractivity contribution in [3.63, 3.8) is 0 Å². The summed E-state index contributed by atoms with van der Waals surface area (Å²) in [7, 11) is 1.97. The zero-order valence-corrected chi connectivity index (χ0v) is 16.4. The zero-order valence-electron chi connectivity index (χ0n) is 15.6. The number of hydrogen-bond acceptors (Lipinski definition) is 5. The Labute approximate surface area is 163 Å². The van der Waals surface area contributed by atoms with Crippen LogP contribution >= 0.6 is 11.6 Å². The normalized spacial score (nSPS) is 20.1. The summed E-state index contributed by atoms with van der Waals surface area (Å²) in [5, 5.41) is 0.700. The highest BCUT2D eigenvalue weighted by Crippen LogP contribution is 2.31. The molecule has 0 aliphatic carbocycles. The van der Waals surface area contributed by atoms with Gasteiger partial charge in [-0.25, -0.2) is 15.0 Å². The van der Waals surface area contributed by atoms with E-state index < -0.39 is 0 Å². The van der Waals surface area contributed by atoms with E-state index >= 15 is 0 Å². The molecule has 1 aliphatic rings. The molecule has 0 bridgehead atoms. The lowest BCUT2D eigenvalue weighted by Gasteiger charge is -2.35. The second-order valence-electron chi connectivity index (χ2n) is 6.96. The Morgan fingerprint density at radius 1 is 1.07 bits per heavy atom. The number of hydrogen-bond donors (Lipinski definition) is 0. The lowest BCUT2D eigenvalue weighted by atomic mass is 10.1. The van der Waals surface area contributed by atoms with E-state index in [1.54, 1.807) is 6.20 Å². The van der Waals surface area contributed by atoms with Crippen LogP contribution in [-0.2, 0) is 11.8 Å². The van der Waals surface area contributed by atoms with Crippen molar-refractivity contribution in [1.82, 2.24) is 19.5 Å². The molecule has 140 valence electrons. The van der Waals surface area contributed by atoms with Crippen LogP contribution in [0.5, 0.6) is 0 Å². The minimum Gasteiger partial charge on any atom is -0.372 e. The van der Waals surface area contributed by atoms with Crippen molar-refractivity contribution < 1.29 is 4.74 Å². The van der Waals surface area contributed by atoms with Crippen LogP contribution in [0.15, 0.2) is 42.9 Å². The number of nitrogens with zero attached hydrogens (tertiary/aromatic N) is 5. The van der Waals surface area contributed by atoms with E-state index in [1.165, 1.54) is 0 Å². The molecule has 3 aromatic rings. The van der Waals surface area contributed by atoms with E-state index in [-0.39, 0.29) is 12.2 Å². The van der Waals surface area contributed by atoms with Crippen molar-refractivity contribution >= 4 is 17.5 Å². The molecule has 7 heteroatoms. The molecule has 2 atom stereocenters. The van der Waals surface area contributed by atoms with Crippen molar-refractivity contribution in [3.8, 4) is 22.6 Å². The molecular formula is C20H22ClN5O. The summed E-state index contributed by atoms with van der Waals surface area (Å²) < 4.78 is 7.81. The number of imidazole rings is 1. The Morgan fingerprint density at radius 3 is 2.41 bits per heavy atom. The standard InChI is InChI=1S/C20H22ClN5O/c1-13-11-26(12-14(2)27-13)20-23-10-17(15-4-6-16(21)7-5-15)18(24-20)19-22-8-9-25(19)3/h4-10,13-14H,11-12H2,1-3H3/t13-,14-/m0/s1. The molecular weight excluding hydrogens is 362 g/mol. The number of morpholine rings is 1. The minimum absolute atomic E-state index is 0.143. The molecule has 0 saturated carbocycles. The van der Waals surface area contributed by atoms with Crippen LogP contribution in [0.3, 0.4) is 0 Å². The maximum absolute atomic E-state index is 6.05.